The van der Waals surface area contributed by atoms with Crippen LogP contribution in [0.25, 0.3) is 0 Å². The van der Waals surface area contributed by atoms with Crippen molar-refractivity contribution >= 4 is 19.8 Å². The molecule has 2 unspecified atom stereocenters. The summed E-state index contributed by atoms with van der Waals surface area (Å²) in [6.45, 7) is 4.23. The summed E-state index contributed by atoms with van der Waals surface area (Å²) in [5.74, 6) is -0.937. The molecule has 10 heteroatoms. The Morgan fingerprint density at radius 1 is 0.421 bits per heavy atom. The lowest BCUT2D eigenvalue weighted by Crippen LogP contribution is -2.37. The van der Waals surface area contributed by atoms with Gasteiger partial charge in [0, 0.05) is 6.42 Å². The Morgan fingerprint density at radius 2 is 0.737 bits per heavy atom. The third kappa shape index (κ3) is 60.9. The highest BCUT2D eigenvalue weighted by Crippen LogP contribution is 2.43. The van der Waals surface area contributed by atoms with Gasteiger partial charge >= 0.3 is 19.8 Å². The van der Waals surface area contributed by atoms with Crippen molar-refractivity contribution in [1.82, 2.24) is 0 Å². The number of quaternary nitrogens is 1. The minimum atomic E-state index is -4.41. The summed E-state index contributed by atoms with van der Waals surface area (Å²) in [5.41, 5.74) is 0. The first-order valence-electron chi connectivity index (χ1n) is 32.0. The minimum absolute atomic E-state index is 0.00845. The molecule has 0 aliphatic carbocycles. The summed E-state index contributed by atoms with van der Waals surface area (Å²) in [6.07, 6.45) is 75.3. The predicted molar refractivity (Wildman–Crippen MR) is 326 cm³/mol. The number of unbranched alkanes of at least 4 members (excludes halogenated alkanes) is 36. The highest BCUT2D eigenvalue weighted by Gasteiger charge is 2.27. The van der Waals surface area contributed by atoms with Crippen LogP contribution in [0.5, 0.6) is 0 Å². The molecule has 0 rings (SSSR count). The van der Waals surface area contributed by atoms with E-state index in [2.05, 4.69) is 56.4 Å². The molecule has 0 heterocycles. The average molecular weight is 1090 g/mol. The Kier molecular flexibility index (Phi) is 55.7. The van der Waals surface area contributed by atoms with Crippen LogP contribution >= 0.6 is 7.82 Å². The van der Waals surface area contributed by atoms with Crippen LogP contribution in [0.2, 0.25) is 0 Å². The van der Waals surface area contributed by atoms with Crippen molar-refractivity contribution in [2.45, 2.75) is 302 Å². The van der Waals surface area contributed by atoms with Crippen LogP contribution in [0.3, 0.4) is 0 Å². The predicted octanol–water partition coefficient (Wildman–Crippen LogP) is 20.3. The molecular formula is C66H123NO8P+. The molecule has 0 fully saturated rings. The molecule has 9 nitrogen and oxygen atoms in total. The molecular weight excluding hydrogens is 966 g/mol. The van der Waals surface area contributed by atoms with Crippen molar-refractivity contribution in [2.75, 3.05) is 47.5 Å². The first-order valence-corrected chi connectivity index (χ1v) is 33.5. The Labute approximate surface area is 470 Å². The van der Waals surface area contributed by atoms with Gasteiger partial charge in [-0.3, -0.25) is 18.6 Å². The smallest absolute Gasteiger partial charge is 0.462 e. The summed E-state index contributed by atoms with van der Waals surface area (Å²) in [7, 11) is 1.43. The second-order valence-electron chi connectivity index (χ2n) is 22.8. The van der Waals surface area contributed by atoms with E-state index in [1.807, 2.05) is 33.3 Å². The number of nitrogens with zero attached hydrogens (tertiary/aromatic N) is 1. The van der Waals surface area contributed by atoms with E-state index in [1.54, 1.807) is 6.08 Å². The SMILES string of the molecule is CC/C=C\C/C=C\C/C=C\C/C=C\C/C=C\CC(=O)OC(COC(=O)CCCCCCCCCCCCCCCCCCCCCCCCCCCCCCCCCCCCCCC)COP(=O)(O)OCC[N+](C)(C)C. The van der Waals surface area contributed by atoms with Crippen molar-refractivity contribution in [3.8, 4) is 0 Å². The number of esters is 2. The van der Waals surface area contributed by atoms with Crippen molar-refractivity contribution in [3.05, 3.63) is 60.8 Å². The van der Waals surface area contributed by atoms with Gasteiger partial charge in [-0.2, -0.15) is 0 Å². The van der Waals surface area contributed by atoms with E-state index in [9.17, 15) is 19.0 Å². The number of hydrogen-bond acceptors (Lipinski definition) is 7. The Hall–Kier alpha value is -2.29. The van der Waals surface area contributed by atoms with Gasteiger partial charge in [-0.25, -0.2) is 4.57 Å². The zero-order valence-electron chi connectivity index (χ0n) is 50.5. The van der Waals surface area contributed by atoms with E-state index in [0.29, 0.717) is 17.4 Å². The summed E-state index contributed by atoms with van der Waals surface area (Å²) in [6, 6.07) is 0. The maximum Gasteiger partial charge on any atom is 0.472 e. The fourth-order valence-corrected chi connectivity index (χ4v) is 9.95. The number of carbonyl (C=O) groups is 2. The monoisotopic (exact) mass is 1090 g/mol. The third-order valence-corrected chi connectivity index (χ3v) is 15.1. The van der Waals surface area contributed by atoms with Crippen LogP contribution in [0, 0.1) is 0 Å². The van der Waals surface area contributed by atoms with Gasteiger partial charge in [-0.05, 0) is 38.5 Å². The normalized spacial score (nSPS) is 13.6. The first kappa shape index (κ1) is 73.7. The third-order valence-electron chi connectivity index (χ3n) is 14.1. The Balaban J connectivity index is 3.93. The molecule has 444 valence electrons. The molecule has 0 bridgehead atoms. The van der Waals surface area contributed by atoms with Gasteiger partial charge in [-0.15, -0.1) is 0 Å². The molecule has 0 aromatic carbocycles. The average Bonchev–Trinajstić information content (AvgIpc) is 3.38. The summed E-state index contributed by atoms with van der Waals surface area (Å²) in [4.78, 5) is 35.6. The van der Waals surface area contributed by atoms with Crippen molar-refractivity contribution < 1.29 is 42.1 Å². The van der Waals surface area contributed by atoms with Crippen LogP contribution in [0.1, 0.15) is 296 Å². The van der Waals surface area contributed by atoms with E-state index in [1.165, 1.54) is 218 Å². The molecule has 1 N–H and O–H groups in total. The minimum Gasteiger partial charge on any atom is -0.462 e. The molecule has 0 aromatic rings. The fraction of sp³-hybridized carbons (Fsp3) is 0.818. The maximum atomic E-state index is 12.7. The summed E-state index contributed by atoms with van der Waals surface area (Å²) in [5, 5.41) is 0. The lowest BCUT2D eigenvalue weighted by atomic mass is 10.0. The van der Waals surface area contributed by atoms with Gasteiger partial charge < -0.3 is 18.9 Å². The number of allylic oxidation sites excluding steroid dienone is 9. The van der Waals surface area contributed by atoms with E-state index in [0.717, 1.165) is 44.9 Å². The van der Waals surface area contributed by atoms with Crippen molar-refractivity contribution in [1.29, 1.82) is 0 Å². The molecule has 0 saturated heterocycles. The van der Waals surface area contributed by atoms with Gasteiger partial charge in [0.05, 0.1) is 34.2 Å². The fourth-order valence-electron chi connectivity index (χ4n) is 9.21. The van der Waals surface area contributed by atoms with Crippen molar-refractivity contribution in [3.63, 3.8) is 0 Å². The molecule has 0 saturated carbocycles. The summed E-state index contributed by atoms with van der Waals surface area (Å²) >= 11 is 0. The van der Waals surface area contributed by atoms with E-state index in [4.69, 9.17) is 18.5 Å². The summed E-state index contributed by atoms with van der Waals surface area (Å²) < 4.78 is 34.4. The quantitative estimate of drug-likeness (QED) is 0.0211. The Bertz CT molecular complexity index is 1470. The number of rotatable bonds is 59. The first-order chi connectivity index (χ1) is 37.0. The molecule has 2 atom stereocenters. The van der Waals surface area contributed by atoms with Crippen LogP contribution < -0.4 is 0 Å². The lowest BCUT2D eigenvalue weighted by molar-refractivity contribution is -0.870. The zero-order valence-corrected chi connectivity index (χ0v) is 51.4. The topological polar surface area (TPSA) is 108 Å². The van der Waals surface area contributed by atoms with Crippen LogP contribution in [-0.2, 0) is 32.7 Å². The number of ether oxygens (including phenoxy) is 2. The number of phosphoric acid groups is 1. The van der Waals surface area contributed by atoms with E-state index in [-0.39, 0.29) is 32.0 Å². The van der Waals surface area contributed by atoms with Crippen LogP contribution in [-0.4, -0.2) is 74.9 Å². The van der Waals surface area contributed by atoms with Gasteiger partial charge in [0.25, 0.3) is 0 Å². The van der Waals surface area contributed by atoms with Gasteiger partial charge in [0.1, 0.15) is 19.8 Å². The van der Waals surface area contributed by atoms with E-state index < -0.39 is 26.5 Å². The number of hydrogen-bond donors (Lipinski definition) is 1. The Morgan fingerprint density at radius 3 is 1.07 bits per heavy atom. The standard InChI is InChI=1S/C66H122NO8P/c1-6-8-10-12-14-16-18-20-22-23-24-25-26-27-28-29-30-31-32-33-34-35-36-37-38-39-40-41-42-43-45-46-48-50-52-54-56-58-65(68)72-62-64(63-74-76(70,71)73-61-60-67(3,4)5)75-66(69)59-57-55-53-51-49-47-44-21-19-17-15-13-11-9-7-2/h9,11,15,17,21,44,49,51,55,57,64H,6-8,10,12-14,16,18-20,22-43,45-48,50,52-54,56,58-63H2,1-5H3/p+1/b11-9-,17-15-,44-21-,51-49-,57-55-. The molecule has 0 amide bonds. The van der Waals surface area contributed by atoms with E-state index >= 15 is 0 Å². The number of likely N-dealkylation sites (N-methyl/N-ethyl adjacent to an activating group) is 1. The van der Waals surface area contributed by atoms with Crippen LogP contribution in [0.15, 0.2) is 60.8 Å². The number of phosphoric ester groups is 1. The molecule has 0 aliphatic heterocycles. The molecule has 0 spiro atoms. The molecule has 0 aromatic heterocycles. The largest absolute Gasteiger partial charge is 0.472 e. The van der Waals surface area contributed by atoms with Gasteiger partial charge in [-0.1, -0.05) is 306 Å². The second kappa shape index (κ2) is 57.4. The molecule has 76 heavy (non-hydrogen) atoms. The van der Waals surface area contributed by atoms with Crippen LogP contribution in [0.4, 0.5) is 0 Å². The van der Waals surface area contributed by atoms with Gasteiger partial charge in [0.15, 0.2) is 6.10 Å². The maximum absolute atomic E-state index is 12.7. The number of carbonyl (C=O) groups excluding carboxylic acids is 2. The lowest BCUT2D eigenvalue weighted by Gasteiger charge is -2.24. The highest BCUT2D eigenvalue weighted by molar-refractivity contribution is 7.47. The second-order valence-corrected chi connectivity index (χ2v) is 24.2. The molecule has 0 radical (unpaired) electrons. The molecule has 0 aliphatic rings. The van der Waals surface area contributed by atoms with Crippen molar-refractivity contribution in [2.24, 2.45) is 0 Å². The zero-order chi connectivity index (χ0) is 55.6. The van der Waals surface area contributed by atoms with Gasteiger partial charge in [0.2, 0.25) is 0 Å². The highest BCUT2D eigenvalue weighted by atomic mass is 31.2.